The van der Waals surface area contributed by atoms with Gasteiger partial charge in [0.25, 0.3) is 0 Å². The maximum Gasteiger partial charge on any atom is 0.387 e. The molecule has 0 unspecified atom stereocenters. The highest BCUT2D eigenvalue weighted by molar-refractivity contribution is 6.31. The van der Waals surface area contributed by atoms with Crippen LogP contribution >= 0.6 is 11.6 Å². The minimum absolute atomic E-state index is 0.00617. The zero-order valence-electron chi connectivity index (χ0n) is 12.3. The summed E-state index contributed by atoms with van der Waals surface area (Å²) < 4.78 is 31.6. The standard InChI is InChI=1S/C15H17ClF2N4O/c16-9-1-2-13(23-15(17)18)11(7-9)14-12(19)8-22(21-14)10-3-5-20-6-4-10/h1-2,7-8,10,15,20H,3-6,19H2. The van der Waals surface area contributed by atoms with Crippen molar-refractivity contribution in [2.45, 2.75) is 25.5 Å². The molecule has 0 aliphatic carbocycles. The van der Waals surface area contributed by atoms with Gasteiger partial charge in [-0.25, -0.2) is 0 Å². The van der Waals surface area contributed by atoms with Crippen LogP contribution in [0, 0.1) is 0 Å². The lowest BCUT2D eigenvalue weighted by Gasteiger charge is -2.22. The van der Waals surface area contributed by atoms with Crippen molar-refractivity contribution in [2.75, 3.05) is 18.8 Å². The molecular weight excluding hydrogens is 326 g/mol. The summed E-state index contributed by atoms with van der Waals surface area (Å²) >= 11 is 5.98. The van der Waals surface area contributed by atoms with Gasteiger partial charge in [0.05, 0.1) is 11.7 Å². The highest BCUT2D eigenvalue weighted by atomic mass is 35.5. The van der Waals surface area contributed by atoms with Gasteiger partial charge in [0.2, 0.25) is 0 Å². The molecule has 1 aliphatic heterocycles. The molecule has 3 rings (SSSR count). The molecule has 3 N–H and O–H groups in total. The number of ether oxygens (including phenoxy) is 1. The monoisotopic (exact) mass is 342 g/mol. The van der Waals surface area contributed by atoms with Gasteiger partial charge in [-0.1, -0.05) is 11.6 Å². The van der Waals surface area contributed by atoms with Crippen LogP contribution in [0.3, 0.4) is 0 Å². The van der Waals surface area contributed by atoms with Gasteiger partial charge in [-0.15, -0.1) is 0 Å². The minimum atomic E-state index is -2.93. The van der Waals surface area contributed by atoms with Crippen molar-refractivity contribution >= 4 is 17.3 Å². The molecule has 0 radical (unpaired) electrons. The van der Waals surface area contributed by atoms with Crippen LogP contribution in [0.5, 0.6) is 5.75 Å². The number of nitrogens with zero attached hydrogens (tertiary/aromatic N) is 2. The molecule has 8 heteroatoms. The zero-order valence-corrected chi connectivity index (χ0v) is 13.1. The fraction of sp³-hybridized carbons (Fsp3) is 0.400. The number of piperidine rings is 1. The molecular formula is C15H17ClF2N4O. The number of nitrogen functional groups attached to an aromatic ring is 1. The number of alkyl halides is 2. The first-order valence-corrected chi connectivity index (χ1v) is 7.72. The average Bonchev–Trinajstić information content (AvgIpc) is 2.91. The highest BCUT2D eigenvalue weighted by Gasteiger charge is 2.21. The topological polar surface area (TPSA) is 65.1 Å². The first kappa shape index (κ1) is 16.0. The number of benzene rings is 1. The van der Waals surface area contributed by atoms with E-state index in [1.54, 1.807) is 10.9 Å². The fourth-order valence-electron chi connectivity index (χ4n) is 2.76. The molecule has 1 aromatic carbocycles. The first-order chi connectivity index (χ1) is 11.0. The Balaban J connectivity index is 1.98. The van der Waals surface area contributed by atoms with Crippen LogP contribution in [0.15, 0.2) is 24.4 Å². The van der Waals surface area contributed by atoms with Crippen LogP contribution in [0.4, 0.5) is 14.5 Å². The lowest BCUT2D eigenvalue weighted by Crippen LogP contribution is -2.29. The van der Waals surface area contributed by atoms with E-state index >= 15 is 0 Å². The predicted molar refractivity (Wildman–Crippen MR) is 84.9 cm³/mol. The van der Waals surface area contributed by atoms with E-state index in [4.69, 9.17) is 17.3 Å². The van der Waals surface area contributed by atoms with Crippen LogP contribution in [0.1, 0.15) is 18.9 Å². The number of hydrogen-bond donors (Lipinski definition) is 2. The van der Waals surface area contributed by atoms with Gasteiger partial charge in [-0.2, -0.15) is 13.9 Å². The Kier molecular flexibility index (Phi) is 4.68. The molecule has 0 spiro atoms. The van der Waals surface area contributed by atoms with Crippen LogP contribution in [0.25, 0.3) is 11.3 Å². The summed E-state index contributed by atoms with van der Waals surface area (Å²) in [5.74, 6) is 0.00617. The highest BCUT2D eigenvalue weighted by Crippen LogP contribution is 2.36. The van der Waals surface area contributed by atoms with Gasteiger partial charge in [-0.3, -0.25) is 4.68 Å². The van der Waals surface area contributed by atoms with Gasteiger partial charge >= 0.3 is 6.61 Å². The molecule has 23 heavy (non-hydrogen) atoms. The Labute approximate surface area is 137 Å². The fourth-order valence-corrected chi connectivity index (χ4v) is 2.93. The lowest BCUT2D eigenvalue weighted by atomic mass is 10.1. The van der Waals surface area contributed by atoms with E-state index in [1.165, 1.54) is 18.2 Å². The summed E-state index contributed by atoms with van der Waals surface area (Å²) in [6, 6.07) is 4.66. The summed E-state index contributed by atoms with van der Waals surface area (Å²) in [6.45, 7) is -1.10. The number of anilines is 1. The third-order valence-electron chi connectivity index (χ3n) is 3.86. The summed E-state index contributed by atoms with van der Waals surface area (Å²) in [7, 11) is 0. The molecule has 1 aliphatic rings. The number of halogens is 3. The maximum absolute atomic E-state index is 12.6. The van der Waals surface area contributed by atoms with Crippen molar-refractivity contribution in [1.29, 1.82) is 0 Å². The second-order valence-electron chi connectivity index (χ2n) is 5.41. The van der Waals surface area contributed by atoms with Crippen molar-refractivity contribution in [1.82, 2.24) is 15.1 Å². The van der Waals surface area contributed by atoms with Crippen molar-refractivity contribution in [3.63, 3.8) is 0 Å². The van der Waals surface area contributed by atoms with E-state index in [9.17, 15) is 8.78 Å². The molecule has 0 saturated carbocycles. The molecule has 1 saturated heterocycles. The van der Waals surface area contributed by atoms with Gasteiger partial charge in [0, 0.05) is 16.8 Å². The van der Waals surface area contributed by atoms with Crippen molar-refractivity contribution < 1.29 is 13.5 Å². The quantitative estimate of drug-likeness (QED) is 0.894. The number of rotatable bonds is 4. The molecule has 2 heterocycles. The normalized spacial score (nSPS) is 16.0. The summed E-state index contributed by atoms with van der Waals surface area (Å²) in [5, 5.41) is 8.18. The molecule has 0 bridgehead atoms. The SMILES string of the molecule is Nc1cn(C2CCNCC2)nc1-c1cc(Cl)ccc1OC(F)F. The van der Waals surface area contributed by atoms with E-state index < -0.39 is 6.61 Å². The molecule has 124 valence electrons. The second-order valence-corrected chi connectivity index (χ2v) is 5.85. The van der Waals surface area contributed by atoms with E-state index in [0.29, 0.717) is 22.0 Å². The Hall–Kier alpha value is -1.86. The van der Waals surface area contributed by atoms with Crippen LogP contribution in [0.2, 0.25) is 5.02 Å². The maximum atomic E-state index is 12.6. The zero-order chi connectivity index (χ0) is 16.4. The molecule has 0 amide bonds. The Bertz CT molecular complexity index is 686. The minimum Gasteiger partial charge on any atom is -0.434 e. The van der Waals surface area contributed by atoms with E-state index in [2.05, 4.69) is 15.2 Å². The van der Waals surface area contributed by atoms with E-state index in [1.807, 2.05) is 0 Å². The van der Waals surface area contributed by atoms with Gasteiger partial charge in [0.15, 0.2) is 0 Å². The number of nitrogens with one attached hydrogen (secondary N) is 1. The number of hydrogen-bond acceptors (Lipinski definition) is 4. The molecule has 0 atom stereocenters. The predicted octanol–water partition coefficient (Wildman–Crippen LogP) is 3.31. The largest absolute Gasteiger partial charge is 0.434 e. The number of nitrogens with two attached hydrogens (primary N) is 1. The molecule has 1 aromatic heterocycles. The van der Waals surface area contributed by atoms with Crippen molar-refractivity contribution in [3.8, 4) is 17.0 Å². The van der Waals surface area contributed by atoms with Crippen molar-refractivity contribution in [3.05, 3.63) is 29.4 Å². The third-order valence-corrected chi connectivity index (χ3v) is 4.09. The van der Waals surface area contributed by atoms with E-state index in [0.717, 1.165) is 25.9 Å². The Morgan fingerprint density at radius 2 is 2.09 bits per heavy atom. The molecule has 5 nitrogen and oxygen atoms in total. The lowest BCUT2D eigenvalue weighted by molar-refractivity contribution is -0.0494. The summed E-state index contributed by atoms with van der Waals surface area (Å²) in [5.41, 5.74) is 7.22. The Morgan fingerprint density at radius 3 is 2.78 bits per heavy atom. The summed E-state index contributed by atoms with van der Waals surface area (Å²) in [4.78, 5) is 0. The first-order valence-electron chi connectivity index (χ1n) is 7.34. The average molecular weight is 343 g/mol. The smallest absolute Gasteiger partial charge is 0.387 e. The number of aromatic nitrogens is 2. The van der Waals surface area contributed by atoms with Crippen LogP contribution in [-0.4, -0.2) is 29.5 Å². The Morgan fingerprint density at radius 1 is 1.35 bits per heavy atom. The van der Waals surface area contributed by atoms with Crippen molar-refractivity contribution in [2.24, 2.45) is 0 Å². The second kappa shape index (κ2) is 6.72. The van der Waals surface area contributed by atoms with Gasteiger partial charge < -0.3 is 15.8 Å². The van der Waals surface area contributed by atoms with Gasteiger partial charge in [0.1, 0.15) is 11.4 Å². The van der Waals surface area contributed by atoms with E-state index in [-0.39, 0.29) is 11.8 Å². The van der Waals surface area contributed by atoms with Crippen LogP contribution in [-0.2, 0) is 0 Å². The summed E-state index contributed by atoms with van der Waals surface area (Å²) in [6.07, 6.45) is 3.62. The molecule has 2 aromatic rings. The third kappa shape index (κ3) is 3.56. The van der Waals surface area contributed by atoms with Gasteiger partial charge in [-0.05, 0) is 44.1 Å². The molecule has 1 fully saturated rings. The van der Waals surface area contributed by atoms with Crippen LogP contribution < -0.4 is 15.8 Å².